The molecule has 0 aromatic heterocycles. The summed E-state index contributed by atoms with van der Waals surface area (Å²) in [5, 5.41) is 9.78. The largest absolute Gasteiger partial charge is 0.507 e. The molecule has 0 bridgehead atoms. The second kappa shape index (κ2) is 4.62. The van der Waals surface area contributed by atoms with Gasteiger partial charge in [-0.2, -0.15) is 0 Å². The predicted octanol–water partition coefficient (Wildman–Crippen LogP) is 3.45. The zero-order valence-corrected chi connectivity index (χ0v) is 9.09. The first-order valence-corrected chi connectivity index (χ1v) is 5.15. The van der Waals surface area contributed by atoms with Crippen molar-refractivity contribution in [3.63, 3.8) is 0 Å². The van der Waals surface area contributed by atoms with E-state index < -0.39 is 0 Å². The first-order chi connectivity index (χ1) is 7.77. The molecule has 0 amide bonds. The molecule has 16 heavy (non-hydrogen) atoms. The van der Waals surface area contributed by atoms with Crippen molar-refractivity contribution in [2.75, 3.05) is 0 Å². The van der Waals surface area contributed by atoms with Gasteiger partial charge in [-0.05, 0) is 30.7 Å². The van der Waals surface area contributed by atoms with Crippen molar-refractivity contribution in [2.45, 2.75) is 6.92 Å². The van der Waals surface area contributed by atoms with Crippen LogP contribution in [0.3, 0.4) is 0 Å². The number of phenols is 1. The fourth-order valence-corrected chi connectivity index (χ4v) is 1.44. The maximum atomic E-state index is 9.78. The van der Waals surface area contributed by atoms with E-state index in [1.807, 2.05) is 55.5 Å². The van der Waals surface area contributed by atoms with Gasteiger partial charge in [-0.25, -0.2) is 0 Å². The quantitative estimate of drug-likeness (QED) is 0.758. The van der Waals surface area contributed by atoms with Crippen LogP contribution in [0, 0.1) is 6.92 Å². The standard InChI is InChI=1S/C14H13NO/c1-11-6-5-7-12(14(11)16)10-15-13-8-3-2-4-9-13/h2-10,16H,1H3. The number of aromatic hydroxyl groups is 1. The van der Waals surface area contributed by atoms with E-state index in [-0.39, 0.29) is 0 Å². The van der Waals surface area contributed by atoms with E-state index in [1.54, 1.807) is 6.21 Å². The van der Waals surface area contributed by atoms with Crippen LogP contribution in [0.15, 0.2) is 53.5 Å². The summed E-state index contributed by atoms with van der Waals surface area (Å²) in [7, 11) is 0. The summed E-state index contributed by atoms with van der Waals surface area (Å²) in [6.07, 6.45) is 1.68. The lowest BCUT2D eigenvalue weighted by molar-refractivity contribution is 0.470. The zero-order chi connectivity index (χ0) is 11.4. The number of aryl methyl sites for hydroxylation is 1. The van der Waals surface area contributed by atoms with Gasteiger partial charge in [0.1, 0.15) is 5.75 Å². The van der Waals surface area contributed by atoms with Crippen molar-refractivity contribution in [1.29, 1.82) is 0 Å². The molecule has 0 aliphatic carbocycles. The highest BCUT2D eigenvalue weighted by Crippen LogP contribution is 2.20. The molecule has 2 aromatic carbocycles. The van der Waals surface area contributed by atoms with Crippen LogP contribution in [0.4, 0.5) is 5.69 Å². The molecule has 0 unspecified atom stereocenters. The molecule has 0 aliphatic rings. The normalized spacial score (nSPS) is 10.8. The van der Waals surface area contributed by atoms with Crippen molar-refractivity contribution < 1.29 is 5.11 Å². The molecule has 0 aliphatic heterocycles. The highest BCUT2D eigenvalue weighted by molar-refractivity contribution is 5.85. The Bertz CT molecular complexity index is 503. The van der Waals surface area contributed by atoms with Gasteiger partial charge in [-0.15, -0.1) is 0 Å². The van der Waals surface area contributed by atoms with E-state index in [1.165, 1.54) is 0 Å². The third-order valence-electron chi connectivity index (χ3n) is 2.38. The first kappa shape index (κ1) is 10.4. The van der Waals surface area contributed by atoms with Crippen LogP contribution < -0.4 is 0 Å². The van der Waals surface area contributed by atoms with E-state index in [9.17, 15) is 5.11 Å². The summed E-state index contributed by atoms with van der Waals surface area (Å²) in [4.78, 5) is 4.29. The molecule has 2 nitrogen and oxygen atoms in total. The van der Waals surface area contributed by atoms with Gasteiger partial charge in [0.15, 0.2) is 0 Å². The number of hydrogen-bond donors (Lipinski definition) is 1. The summed E-state index contributed by atoms with van der Waals surface area (Å²) in [5.41, 5.74) is 2.48. The van der Waals surface area contributed by atoms with Crippen LogP contribution in [-0.4, -0.2) is 11.3 Å². The van der Waals surface area contributed by atoms with Crippen LogP contribution in [0.2, 0.25) is 0 Å². The SMILES string of the molecule is Cc1cccc(C=Nc2ccccc2)c1O. The Hall–Kier alpha value is -2.09. The number of hydrogen-bond acceptors (Lipinski definition) is 2. The summed E-state index contributed by atoms with van der Waals surface area (Å²) in [6, 6.07) is 15.3. The molecule has 0 fully saturated rings. The van der Waals surface area contributed by atoms with E-state index in [0.29, 0.717) is 5.75 Å². The summed E-state index contributed by atoms with van der Waals surface area (Å²) in [6.45, 7) is 1.87. The number of benzene rings is 2. The average Bonchev–Trinajstić information content (AvgIpc) is 2.32. The molecule has 0 spiro atoms. The van der Waals surface area contributed by atoms with Crippen LogP contribution in [-0.2, 0) is 0 Å². The van der Waals surface area contributed by atoms with Crippen molar-refractivity contribution in [3.8, 4) is 5.75 Å². The van der Waals surface area contributed by atoms with Gasteiger partial charge < -0.3 is 5.11 Å². The molecule has 1 N–H and O–H groups in total. The van der Waals surface area contributed by atoms with Gasteiger partial charge in [0.05, 0.1) is 5.69 Å². The number of para-hydroxylation sites is 2. The molecule has 0 heterocycles. The lowest BCUT2D eigenvalue weighted by Crippen LogP contribution is -1.84. The fraction of sp³-hybridized carbons (Fsp3) is 0.0714. The van der Waals surface area contributed by atoms with Crippen LogP contribution >= 0.6 is 0 Å². The van der Waals surface area contributed by atoms with Crippen LogP contribution in [0.25, 0.3) is 0 Å². The number of aliphatic imine (C=N–C) groups is 1. The molecule has 2 heteroatoms. The molecular formula is C14H13NO. The highest BCUT2D eigenvalue weighted by Gasteiger charge is 1.99. The molecule has 2 aromatic rings. The van der Waals surface area contributed by atoms with Gasteiger partial charge in [-0.3, -0.25) is 4.99 Å². The van der Waals surface area contributed by atoms with Crippen LogP contribution in [0.1, 0.15) is 11.1 Å². The highest BCUT2D eigenvalue weighted by atomic mass is 16.3. The Morgan fingerprint density at radius 1 is 1.00 bits per heavy atom. The lowest BCUT2D eigenvalue weighted by atomic mass is 10.1. The summed E-state index contributed by atoms with van der Waals surface area (Å²) < 4.78 is 0. The van der Waals surface area contributed by atoms with Gasteiger partial charge in [0, 0.05) is 11.8 Å². The lowest BCUT2D eigenvalue weighted by Gasteiger charge is -2.01. The van der Waals surface area contributed by atoms with E-state index in [0.717, 1.165) is 16.8 Å². The molecule has 0 atom stereocenters. The van der Waals surface area contributed by atoms with E-state index >= 15 is 0 Å². The van der Waals surface area contributed by atoms with Crippen molar-refractivity contribution in [2.24, 2.45) is 4.99 Å². The number of nitrogens with zero attached hydrogens (tertiary/aromatic N) is 1. The summed E-state index contributed by atoms with van der Waals surface area (Å²) in [5.74, 6) is 0.294. The Kier molecular flexibility index (Phi) is 3.01. The third kappa shape index (κ3) is 2.28. The topological polar surface area (TPSA) is 32.6 Å². The first-order valence-electron chi connectivity index (χ1n) is 5.15. The van der Waals surface area contributed by atoms with Gasteiger partial charge in [0.25, 0.3) is 0 Å². The van der Waals surface area contributed by atoms with Crippen molar-refractivity contribution in [3.05, 3.63) is 59.7 Å². The number of rotatable bonds is 2. The Morgan fingerprint density at radius 3 is 2.50 bits per heavy atom. The Morgan fingerprint density at radius 2 is 1.75 bits per heavy atom. The molecule has 80 valence electrons. The fourth-order valence-electron chi connectivity index (χ4n) is 1.44. The number of phenolic OH excluding ortho intramolecular Hbond substituents is 1. The third-order valence-corrected chi connectivity index (χ3v) is 2.38. The van der Waals surface area contributed by atoms with Crippen LogP contribution in [0.5, 0.6) is 5.75 Å². The predicted molar refractivity (Wildman–Crippen MR) is 66.5 cm³/mol. The second-order valence-electron chi connectivity index (χ2n) is 3.61. The molecule has 0 radical (unpaired) electrons. The Balaban J connectivity index is 2.28. The average molecular weight is 211 g/mol. The van der Waals surface area contributed by atoms with E-state index in [2.05, 4.69) is 4.99 Å². The minimum absolute atomic E-state index is 0.294. The Labute approximate surface area is 94.9 Å². The molecular weight excluding hydrogens is 198 g/mol. The minimum atomic E-state index is 0.294. The summed E-state index contributed by atoms with van der Waals surface area (Å²) >= 11 is 0. The van der Waals surface area contributed by atoms with Gasteiger partial charge in [0.2, 0.25) is 0 Å². The molecule has 2 rings (SSSR count). The van der Waals surface area contributed by atoms with Crippen molar-refractivity contribution in [1.82, 2.24) is 0 Å². The van der Waals surface area contributed by atoms with Gasteiger partial charge in [-0.1, -0.05) is 30.3 Å². The zero-order valence-electron chi connectivity index (χ0n) is 9.09. The second-order valence-corrected chi connectivity index (χ2v) is 3.61. The molecule has 0 saturated heterocycles. The maximum Gasteiger partial charge on any atom is 0.127 e. The monoisotopic (exact) mass is 211 g/mol. The smallest absolute Gasteiger partial charge is 0.127 e. The molecule has 0 saturated carbocycles. The van der Waals surface area contributed by atoms with E-state index in [4.69, 9.17) is 0 Å². The minimum Gasteiger partial charge on any atom is -0.507 e. The van der Waals surface area contributed by atoms with Crippen molar-refractivity contribution >= 4 is 11.9 Å². The maximum absolute atomic E-state index is 9.78. The van der Waals surface area contributed by atoms with Gasteiger partial charge >= 0.3 is 0 Å².